The van der Waals surface area contributed by atoms with E-state index in [4.69, 9.17) is 18.9 Å². The Morgan fingerprint density at radius 3 is 2.72 bits per heavy atom. The third-order valence-corrected chi connectivity index (χ3v) is 4.95. The molecule has 3 heterocycles. The quantitative estimate of drug-likeness (QED) is 0.536. The van der Waals surface area contributed by atoms with Crippen LogP contribution in [0.1, 0.15) is 18.6 Å². The van der Waals surface area contributed by atoms with Gasteiger partial charge in [0.2, 0.25) is 6.04 Å². The minimum Gasteiger partial charge on any atom is -0.497 e. The lowest BCUT2D eigenvalue weighted by Crippen LogP contribution is -2.46. The zero-order valence-corrected chi connectivity index (χ0v) is 15.9. The molecule has 0 fully saturated rings. The van der Waals surface area contributed by atoms with E-state index in [1.54, 1.807) is 38.3 Å². The van der Waals surface area contributed by atoms with Gasteiger partial charge in [-0.2, -0.15) is 0 Å². The Kier molecular flexibility index (Phi) is 5.01. The number of amides is 1. The summed E-state index contributed by atoms with van der Waals surface area (Å²) in [6, 6.07) is 5.12. The van der Waals surface area contributed by atoms with Crippen LogP contribution in [0.2, 0.25) is 0 Å². The van der Waals surface area contributed by atoms with Crippen LogP contribution in [0.4, 0.5) is 0 Å². The topological polar surface area (TPSA) is 116 Å². The second-order valence-electron chi connectivity index (χ2n) is 6.56. The standard InChI is InChI=1S/C19H19N3O7/c1-3-27-19(25)15-17(23)22(21-20-15)13-9-29-18(24)14-12(13)8-28-16(14)10-4-6-11(26-2)7-5-10/h4-7,13,15-16H,3,8-9H2,1-2H3. The monoisotopic (exact) mass is 401 g/mol. The fourth-order valence-electron chi connectivity index (χ4n) is 3.52. The first kappa shape index (κ1) is 19.1. The maximum absolute atomic E-state index is 12.6. The lowest BCUT2D eigenvalue weighted by atomic mass is 9.93. The van der Waals surface area contributed by atoms with Gasteiger partial charge in [0.05, 0.1) is 25.9 Å². The van der Waals surface area contributed by atoms with Crippen molar-refractivity contribution in [3.05, 3.63) is 41.0 Å². The summed E-state index contributed by atoms with van der Waals surface area (Å²) in [5.41, 5.74) is 1.69. The van der Waals surface area contributed by atoms with Gasteiger partial charge in [0, 0.05) is 0 Å². The molecule has 29 heavy (non-hydrogen) atoms. The maximum Gasteiger partial charge on any atom is 0.342 e. The Morgan fingerprint density at radius 2 is 2.03 bits per heavy atom. The number of cyclic esters (lactones) is 1. The normalized spacial score (nSPS) is 25.9. The summed E-state index contributed by atoms with van der Waals surface area (Å²) in [5.74, 6) is -1.20. The van der Waals surface area contributed by atoms with Crippen molar-refractivity contribution in [1.82, 2.24) is 5.01 Å². The van der Waals surface area contributed by atoms with E-state index in [1.807, 2.05) is 0 Å². The van der Waals surface area contributed by atoms with Crippen molar-refractivity contribution in [2.75, 3.05) is 26.9 Å². The van der Waals surface area contributed by atoms with Gasteiger partial charge in [0.1, 0.15) is 24.5 Å². The summed E-state index contributed by atoms with van der Waals surface area (Å²) < 4.78 is 21.2. The average Bonchev–Trinajstić information content (AvgIpc) is 3.34. The van der Waals surface area contributed by atoms with Crippen LogP contribution >= 0.6 is 0 Å². The molecule has 0 saturated heterocycles. The first-order chi connectivity index (χ1) is 14.0. The molecular weight excluding hydrogens is 382 g/mol. The Hall–Kier alpha value is -3.27. The third kappa shape index (κ3) is 3.25. The molecule has 1 aromatic rings. The smallest absolute Gasteiger partial charge is 0.342 e. The van der Waals surface area contributed by atoms with E-state index >= 15 is 0 Å². The molecule has 0 saturated carbocycles. The molecule has 0 aromatic heterocycles. The summed E-state index contributed by atoms with van der Waals surface area (Å²) in [5, 5.41) is 8.64. The van der Waals surface area contributed by atoms with Crippen molar-refractivity contribution in [2.45, 2.75) is 25.1 Å². The molecule has 3 aliphatic heterocycles. The third-order valence-electron chi connectivity index (χ3n) is 4.95. The molecule has 3 atom stereocenters. The highest BCUT2D eigenvalue weighted by Crippen LogP contribution is 2.40. The van der Waals surface area contributed by atoms with Gasteiger partial charge in [-0.05, 0) is 30.2 Å². The molecule has 1 aromatic carbocycles. The first-order valence-corrected chi connectivity index (χ1v) is 9.11. The predicted octanol–water partition coefficient (Wildman–Crippen LogP) is 1.13. The zero-order chi connectivity index (χ0) is 20.5. The van der Waals surface area contributed by atoms with Gasteiger partial charge < -0.3 is 18.9 Å². The molecule has 10 heteroatoms. The molecule has 4 rings (SSSR count). The highest BCUT2D eigenvalue weighted by molar-refractivity contribution is 6.03. The average molecular weight is 401 g/mol. The number of nitrogens with zero attached hydrogens (tertiary/aromatic N) is 3. The number of esters is 2. The van der Waals surface area contributed by atoms with Crippen molar-refractivity contribution in [3.63, 3.8) is 0 Å². The molecule has 0 N–H and O–H groups in total. The fraction of sp³-hybridized carbons (Fsp3) is 0.421. The van der Waals surface area contributed by atoms with Crippen molar-refractivity contribution < 1.29 is 33.3 Å². The number of hydrogen-bond donors (Lipinski definition) is 0. The van der Waals surface area contributed by atoms with E-state index in [2.05, 4.69) is 10.3 Å². The lowest BCUT2D eigenvalue weighted by molar-refractivity contribution is -0.151. The molecule has 0 bridgehead atoms. The van der Waals surface area contributed by atoms with Gasteiger partial charge in [0.25, 0.3) is 5.91 Å². The van der Waals surface area contributed by atoms with E-state index in [0.717, 1.165) is 10.6 Å². The van der Waals surface area contributed by atoms with Crippen LogP contribution in [-0.4, -0.2) is 61.9 Å². The van der Waals surface area contributed by atoms with Gasteiger partial charge in [-0.3, -0.25) is 4.79 Å². The molecular formula is C19H19N3O7. The van der Waals surface area contributed by atoms with Crippen molar-refractivity contribution in [1.29, 1.82) is 0 Å². The highest BCUT2D eigenvalue weighted by Gasteiger charge is 2.48. The second-order valence-corrected chi connectivity index (χ2v) is 6.56. The summed E-state index contributed by atoms with van der Waals surface area (Å²) in [6.07, 6.45) is -0.623. The first-order valence-electron chi connectivity index (χ1n) is 9.11. The Morgan fingerprint density at radius 1 is 1.28 bits per heavy atom. The lowest BCUT2D eigenvalue weighted by Gasteiger charge is -2.28. The molecule has 10 nitrogen and oxygen atoms in total. The minimum atomic E-state index is -1.34. The fourth-order valence-corrected chi connectivity index (χ4v) is 3.52. The second kappa shape index (κ2) is 7.63. The van der Waals surface area contributed by atoms with Crippen LogP contribution < -0.4 is 4.74 Å². The van der Waals surface area contributed by atoms with Crippen LogP contribution in [0.3, 0.4) is 0 Å². The number of benzene rings is 1. The summed E-state index contributed by atoms with van der Waals surface area (Å²) >= 11 is 0. The Labute approximate surface area is 166 Å². The van der Waals surface area contributed by atoms with Gasteiger partial charge in [-0.15, -0.1) is 5.11 Å². The van der Waals surface area contributed by atoms with Crippen LogP contribution in [0.5, 0.6) is 5.75 Å². The number of hydrogen-bond acceptors (Lipinski definition) is 9. The number of carbonyl (C=O) groups is 3. The van der Waals surface area contributed by atoms with Crippen molar-refractivity contribution in [2.24, 2.45) is 10.3 Å². The largest absolute Gasteiger partial charge is 0.497 e. The maximum atomic E-state index is 12.6. The van der Waals surface area contributed by atoms with E-state index in [-0.39, 0.29) is 19.8 Å². The van der Waals surface area contributed by atoms with Crippen molar-refractivity contribution >= 4 is 17.8 Å². The Balaban J connectivity index is 1.61. The zero-order valence-electron chi connectivity index (χ0n) is 15.9. The van der Waals surface area contributed by atoms with E-state index < -0.39 is 36.0 Å². The number of ether oxygens (including phenoxy) is 4. The molecule has 3 aliphatic rings. The van der Waals surface area contributed by atoms with Crippen LogP contribution in [0.15, 0.2) is 45.7 Å². The van der Waals surface area contributed by atoms with E-state index in [0.29, 0.717) is 16.9 Å². The molecule has 0 spiro atoms. The van der Waals surface area contributed by atoms with Crippen molar-refractivity contribution in [3.8, 4) is 5.75 Å². The summed E-state index contributed by atoms with van der Waals surface area (Å²) in [7, 11) is 1.57. The van der Waals surface area contributed by atoms with Gasteiger partial charge in [-0.1, -0.05) is 17.4 Å². The van der Waals surface area contributed by atoms with E-state index in [1.165, 1.54) is 0 Å². The highest BCUT2D eigenvalue weighted by atomic mass is 16.5. The van der Waals surface area contributed by atoms with E-state index in [9.17, 15) is 14.4 Å². The SMILES string of the molecule is CCOC(=O)C1N=NN(C2COC(=O)C3=C2COC3c2ccc(OC)cc2)C1=O. The molecule has 0 radical (unpaired) electrons. The Bertz CT molecular complexity index is 909. The van der Waals surface area contributed by atoms with Crippen LogP contribution in [0, 0.1) is 0 Å². The molecule has 0 aliphatic carbocycles. The number of rotatable bonds is 5. The van der Waals surface area contributed by atoms with Crippen LogP contribution in [-0.2, 0) is 28.6 Å². The summed E-state index contributed by atoms with van der Waals surface area (Å²) in [6.45, 7) is 1.82. The van der Waals surface area contributed by atoms with Gasteiger partial charge in [-0.25, -0.2) is 14.6 Å². The molecule has 1 amide bonds. The summed E-state index contributed by atoms with van der Waals surface area (Å²) in [4.78, 5) is 37.0. The van der Waals surface area contributed by atoms with Gasteiger partial charge >= 0.3 is 11.9 Å². The molecule has 152 valence electrons. The number of methoxy groups -OCH3 is 1. The molecule has 3 unspecified atom stereocenters. The van der Waals surface area contributed by atoms with Crippen LogP contribution in [0.25, 0.3) is 0 Å². The predicted molar refractivity (Wildman–Crippen MR) is 95.6 cm³/mol. The minimum absolute atomic E-state index is 0.0866. The van der Waals surface area contributed by atoms with Gasteiger partial charge in [0.15, 0.2) is 0 Å². The number of carbonyl (C=O) groups excluding carboxylic acids is 3.